The first-order valence-electron chi connectivity index (χ1n) is 7.92. The molecule has 1 fully saturated rings. The van der Waals surface area contributed by atoms with Crippen molar-refractivity contribution in [2.45, 2.75) is 52.0 Å². The average Bonchev–Trinajstić information content (AvgIpc) is 3.08. The number of rotatable bonds is 5. The van der Waals surface area contributed by atoms with E-state index >= 15 is 0 Å². The van der Waals surface area contributed by atoms with Gasteiger partial charge in [0.05, 0.1) is 16.6 Å². The van der Waals surface area contributed by atoms with Crippen molar-refractivity contribution in [3.05, 3.63) is 29.6 Å². The van der Waals surface area contributed by atoms with Crippen LogP contribution in [0.25, 0.3) is 11.0 Å². The van der Waals surface area contributed by atoms with Gasteiger partial charge in [0.1, 0.15) is 5.82 Å². The highest BCUT2D eigenvalue weighted by Crippen LogP contribution is 2.29. The summed E-state index contributed by atoms with van der Waals surface area (Å²) in [5.74, 6) is 0.837. The summed E-state index contributed by atoms with van der Waals surface area (Å²) in [5, 5.41) is 9.47. The van der Waals surface area contributed by atoms with E-state index in [1.165, 1.54) is 25.7 Å². The summed E-state index contributed by atoms with van der Waals surface area (Å²) >= 11 is 0. The molecule has 1 N–H and O–H groups in total. The number of fused-ring (bicyclic) bond motifs is 1. The van der Waals surface area contributed by atoms with Crippen LogP contribution in [0.4, 0.5) is 0 Å². The van der Waals surface area contributed by atoms with Crippen LogP contribution in [0.1, 0.15) is 55.2 Å². The lowest BCUT2D eigenvalue weighted by Crippen LogP contribution is -2.12. The zero-order valence-corrected chi connectivity index (χ0v) is 12.5. The van der Waals surface area contributed by atoms with Gasteiger partial charge in [-0.2, -0.15) is 0 Å². The van der Waals surface area contributed by atoms with Crippen LogP contribution >= 0.6 is 0 Å². The molecule has 0 unspecified atom stereocenters. The molecule has 0 bridgehead atoms. The molecular weight excluding hydrogens is 264 g/mol. The summed E-state index contributed by atoms with van der Waals surface area (Å²) in [7, 11) is 0. The van der Waals surface area contributed by atoms with Crippen molar-refractivity contribution >= 4 is 17.0 Å². The topological polar surface area (TPSA) is 55.1 Å². The summed E-state index contributed by atoms with van der Waals surface area (Å²) in [6.45, 7) is 3.05. The van der Waals surface area contributed by atoms with Gasteiger partial charge in [-0.25, -0.2) is 9.78 Å². The van der Waals surface area contributed by atoms with E-state index in [0.717, 1.165) is 36.2 Å². The normalized spacial score (nSPS) is 15.9. The van der Waals surface area contributed by atoms with Gasteiger partial charge < -0.3 is 9.67 Å². The molecular formula is C17H22N2O2. The fourth-order valence-electron chi connectivity index (χ4n) is 3.47. The summed E-state index contributed by atoms with van der Waals surface area (Å²) in [6.07, 6.45) is 7.02. The molecule has 0 aliphatic heterocycles. The lowest BCUT2D eigenvalue weighted by molar-refractivity contribution is 0.0698. The van der Waals surface area contributed by atoms with Crippen LogP contribution in [-0.2, 0) is 13.0 Å². The Morgan fingerprint density at radius 2 is 2.14 bits per heavy atom. The van der Waals surface area contributed by atoms with E-state index in [4.69, 9.17) is 0 Å². The molecule has 1 saturated carbocycles. The zero-order chi connectivity index (χ0) is 14.8. The number of hydrogen-bond donors (Lipinski definition) is 1. The fraction of sp³-hybridized carbons (Fsp3) is 0.529. The molecule has 0 atom stereocenters. The summed E-state index contributed by atoms with van der Waals surface area (Å²) in [5.41, 5.74) is 2.00. The van der Waals surface area contributed by atoms with Crippen LogP contribution < -0.4 is 0 Å². The quantitative estimate of drug-likeness (QED) is 0.907. The largest absolute Gasteiger partial charge is 0.478 e. The molecule has 1 aromatic heterocycles. The minimum atomic E-state index is -0.865. The number of benzene rings is 1. The van der Waals surface area contributed by atoms with Crippen molar-refractivity contribution in [1.29, 1.82) is 0 Å². The van der Waals surface area contributed by atoms with Crippen LogP contribution in [0.2, 0.25) is 0 Å². The molecule has 0 radical (unpaired) electrons. The molecule has 0 amide bonds. The minimum Gasteiger partial charge on any atom is -0.478 e. The molecule has 4 nitrogen and oxygen atoms in total. The summed E-state index contributed by atoms with van der Waals surface area (Å²) < 4.78 is 2.18. The molecule has 4 heteroatoms. The van der Waals surface area contributed by atoms with Gasteiger partial charge in [-0.3, -0.25) is 0 Å². The third-order valence-electron chi connectivity index (χ3n) is 4.47. The van der Waals surface area contributed by atoms with Crippen LogP contribution in [0.15, 0.2) is 18.2 Å². The molecule has 1 heterocycles. The van der Waals surface area contributed by atoms with Gasteiger partial charge in [-0.05, 0) is 37.3 Å². The van der Waals surface area contributed by atoms with Gasteiger partial charge in [-0.1, -0.05) is 25.8 Å². The summed E-state index contributed by atoms with van der Waals surface area (Å²) in [6, 6.07) is 5.40. The van der Waals surface area contributed by atoms with Crippen LogP contribution in [0.3, 0.4) is 0 Å². The third kappa shape index (κ3) is 2.67. The molecule has 112 valence electrons. The van der Waals surface area contributed by atoms with Crippen LogP contribution in [0, 0.1) is 5.92 Å². The number of carboxylic acid groups (broad SMARTS) is 1. The highest BCUT2D eigenvalue weighted by molar-refractivity contribution is 6.01. The SMILES string of the molecule is CCCc1nc2cccc(C(=O)O)c2n1CC1CCCC1. The lowest BCUT2D eigenvalue weighted by Gasteiger charge is -2.15. The van der Waals surface area contributed by atoms with Gasteiger partial charge in [-0.15, -0.1) is 0 Å². The number of aromatic carboxylic acids is 1. The van der Waals surface area contributed by atoms with Crippen LogP contribution in [-0.4, -0.2) is 20.6 Å². The number of imidazole rings is 1. The van der Waals surface area contributed by atoms with Crippen molar-refractivity contribution in [2.75, 3.05) is 0 Å². The molecule has 1 aliphatic rings. The average molecular weight is 286 g/mol. The van der Waals surface area contributed by atoms with E-state index < -0.39 is 5.97 Å². The second kappa shape index (κ2) is 5.88. The molecule has 21 heavy (non-hydrogen) atoms. The number of para-hydroxylation sites is 1. The first kappa shape index (κ1) is 14.1. The number of aryl methyl sites for hydroxylation is 1. The Morgan fingerprint density at radius 1 is 1.38 bits per heavy atom. The molecule has 1 aliphatic carbocycles. The van der Waals surface area contributed by atoms with E-state index in [9.17, 15) is 9.90 Å². The number of aromatic nitrogens is 2. The standard InChI is InChI=1S/C17H22N2O2/c1-2-6-15-18-14-10-5-9-13(17(20)21)16(14)19(15)11-12-7-3-4-8-12/h5,9-10,12H,2-4,6-8,11H2,1H3,(H,20,21). The Balaban J connectivity index is 2.11. The second-order valence-corrected chi connectivity index (χ2v) is 6.02. The van der Waals surface area contributed by atoms with E-state index in [-0.39, 0.29) is 0 Å². The number of hydrogen-bond acceptors (Lipinski definition) is 2. The van der Waals surface area contributed by atoms with Crippen molar-refractivity contribution in [3.63, 3.8) is 0 Å². The Kier molecular flexibility index (Phi) is 3.95. The Morgan fingerprint density at radius 3 is 2.81 bits per heavy atom. The van der Waals surface area contributed by atoms with E-state index in [2.05, 4.69) is 16.5 Å². The molecule has 3 rings (SSSR count). The predicted octanol–water partition coefficient (Wildman–Crippen LogP) is 3.88. The Hall–Kier alpha value is -1.84. The van der Waals surface area contributed by atoms with Gasteiger partial charge in [0.15, 0.2) is 0 Å². The zero-order valence-electron chi connectivity index (χ0n) is 12.5. The first-order chi connectivity index (χ1) is 10.2. The van der Waals surface area contributed by atoms with Crippen LogP contribution in [0.5, 0.6) is 0 Å². The maximum absolute atomic E-state index is 11.5. The van der Waals surface area contributed by atoms with Crippen molar-refractivity contribution in [1.82, 2.24) is 9.55 Å². The predicted molar refractivity (Wildman–Crippen MR) is 82.6 cm³/mol. The van der Waals surface area contributed by atoms with E-state index in [1.807, 2.05) is 6.07 Å². The molecule has 0 spiro atoms. The van der Waals surface area contributed by atoms with Gasteiger partial charge in [0.2, 0.25) is 0 Å². The fourth-order valence-corrected chi connectivity index (χ4v) is 3.47. The lowest BCUT2D eigenvalue weighted by atomic mass is 10.1. The smallest absolute Gasteiger partial charge is 0.337 e. The molecule has 2 aromatic rings. The maximum atomic E-state index is 11.5. The Labute approximate surface area is 124 Å². The van der Waals surface area contributed by atoms with Gasteiger partial charge >= 0.3 is 5.97 Å². The monoisotopic (exact) mass is 286 g/mol. The van der Waals surface area contributed by atoms with E-state index in [0.29, 0.717) is 11.5 Å². The molecule has 1 aromatic carbocycles. The number of nitrogens with zero attached hydrogens (tertiary/aromatic N) is 2. The minimum absolute atomic E-state index is 0.375. The second-order valence-electron chi connectivity index (χ2n) is 6.02. The number of carbonyl (C=O) groups is 1. The highest BCUT2D eigenvalue weighted by atomic mass is 16.4. The van der Waals surface area contributed by atoms with E-state index in [1.54, 1.807) is 12.1 Å². The van der Waals surface area contributed by atoms with Crippen molar-refractivity contribution in [3.8, 4) is 0 Å². The highest BCUT2D eigenvalue weighted by Gasteiger charge is 2.21. The molecule has 0 saturated heterocycles. The first-order valence-corrected chi connectivity index (χ1v) is 7.92. The Bertz CT molecular complexity index is 654. The maximum Gasteiger partial charge on any atom is 0.337 e. The van der Waals surface area contributed by atoms with Crippen molar-refractivity contribution < 1.29 is 9.90 Å². The van der Waals surface area contributed by atoms with Crippen molar-refractivity contribution in [2.24, 2.45) is 5.92 Å². The third-order valence-corrected chi connectivity index (χ3v) is 4.47. The number of carboxylic acids is 1. The van der Waals surface area contributed by atoms with Gasteiger partial charge in [0.25, 0.3) is 0 Å². The summed E-state index contributed by atoms with van der Waals surface area (Å²) in [4.78, 5) is 16.2. The van der Waals surface area contributed by atoms with Gasteiger partial charge in [0, 0.05) is 13.0 Å².